The molecule has 2 aromatic rings. The topological polar surface area (TPSA) is 51.8 Å². The van der Waals surface area contributed by atoms with Crippen LogP contribution in [0.25, 0.3) is 11.4 Å². The number of hydrogen-bond acceptors (Lipinski definition) is 3. The van der Waals surface area contributed by atoms with E-state index < -0.39 is 0 Å². The summed E-state index contributed by atoms with van der Waals surface area (Å²) in [6.07, 6.45) is 2.39. The van der Waals surface area contributed by atoms with E-state index in [0.29, 0.717) is 11.7 Å². The summed E-state index contributed by atoms with van der Waals surface area (Å²) in [4.78, 5) is 9.22. The Morgan fingerprint density at radius 1 is 1.05 bits per heavy atom. The lowest BCUT2D eigenvalue weighted by Crippen LogP contribution is -2.03. The van der Waals surface area contributed by atoms with Crippen molar-refractivity contribution in [1.82, 2.24) is 9.97 Å². The van der Waals surface area contributed by atoms with E-state index in [1.807, 2.05) is 0 Å². The fourth-order valence-electron chi connectivity index (χ4n) is 2.43. The smallest absolute Gasteiger partial charge is 0.162 e. The second-order valence-corrected chi connectivity index (χ2v) is 6.45. The van der Waals surface area contributed by atoms with Crippen LogP contribution in [-0.2, 0) is 0 Å². The molecule has 20 heavy (non-hydrogen) atoms. The Labute approximate surface area is 127 Å². The first kappa shape index (κ1) is 13.6. The fourth-order valence-corrected chi connectivity index (χ4v) is 2.93. The van der Waals surface area contributed by atoms with Crippen LogP contribution in [0.1, 0.15) is 41.1 Å². The molecule has 1 aliphatic carbocycles. The standard InChI is InChI=1S/C16H18BrN3/c1-8-6-10(3)12(7-9(8)2)16-19-14(11-4-5-11)13(17)15(18)20-16/h6-7,11H,4-5H2,1-3H3,(H2,18,19,20). The van der Waals surface area contributed by atoms with E-state index in [1.54, 1.807) is 0 Å². The summed E-state index contributed by atoms with van der Waals surface area (Å²) in [6, 6.07) is 4.34. The van der Waals surface area contributed by atoms with E-state index in [9.17, 15) is 0 Å². The van der Waals surface area contributed by atoms with Crippen LogP contribution in [0.3, 0.4) is 0 Å². The van der Waals surface area contributed by atoms with E-state index in [0.717, 1.165) is 21.6 Å². The summed E-state index contributed by atoms with van der Waals surface area (Å²) in [5, 5.41) is 0. The van der Waals surface area contributed by atoms with Crippen molar-refractivity contribution in [3.63, 3.8) is 0 Å². The van der Waals surface area contributed by atoms with Crippen LogP contribution in [0.2, 0.25) is 0 Å². The number of rotatable bonds is 2. The normalized spacial score (nSPS) is 14.6. The van der Waals surface area contributed by atoms with Gasteiger partial charge in [-0.1, -0.05) is 6.07 Å². The minimum atomic E-state index is 0.537. The minimum Gasteiger partial charge on any atom is -0.383 e. The van der Waals surface area contributed by atoms with Crippen LogP contribution in [-0.4, -0.2) is 9.97 Å². The van der Waals surface area contributed by atoms with Crippen LogP contribution in [0.4, 0.5) is 5.82 Å². The van der Waals surface area contributed by atoms with E-state index in [-0.39, 0.29) is 0 Å². The average Bonchev–Trinajstić information content (AvgIpc) is 3.21. The number of halogens is 1. The predicted octanol–water partition coefficient (Wildman–Crippen LogP) is 4.29. The van der Waals surface area contributed by atoms with Gasteiger partial charge >= 0.3 is 0 Å². The Kier molecular flexibility index (Phi) is 3.28. The highest BCUT2D eigenvalue weighted by atomic mass is 79.9. The minimum absolute atomic E-state index is 0.537. The molecule has 2 N–H and O–H groups in total. The molecule has 1 saturated carbocycles. The highest BCUT2D eigenvalue weighted by Crippen LogP contribution is 2.44. The van der Waals surface area contributed by atoms with Crippen molar-refractivity contribution in [1.29, 1.82) is 0 Å². The van der Waals surface area contributed by atoms with Crippen LogP contribution in [0, 0.1) is 20.8 Å². The van der Waals surface area contributed by atoms with Crippen molar-refractivity contribution in [2.45, 2.75) is 39.5 Å². The molecule has 0 bridgehead atoms. The molecule has 0 saturated heterocycles. The number of aromatic nitrogens is 2. The lowest BCUT2D eigenvalue weighted by atomic mass is 10.0. The monoisotopic (exact) mass is 331 g/mol. The molecule has 0 aliphatic heterocycles. The Bertz CT molecular complexity index is 691. The number of aryl methyl sites for hydroxylation is 3. The number of benzene rings is 1. The van der Waals surface area contributed by atoms with Gasteiger partial charge in [0.2, 0.25) is 0 Å². The summed E-state index contributed by atoms with van der Waals surface area (Å²) >= 11 is 3.52. The Morgan fingerprint density at radius 3 is 2.35 bits per heavy atom. The maximum Gasteiger partial charge on any atom is 0.162 e. The molecule has 0 atom stereocenters. The van der Waals surface area contributed by atoms with Gasteiger partial charge in [-0.25, -0.2) is 9.97 Å². The quantitative estimate of drug-likeness (QED) is 0.892. The summed E-state index contributed by atoms with van der Waals surface area (Å²) < 4.78 is 0.866. The first-order valence-electron chi connectivity index (χ1n) is 6.88. The van der Waals surface area contributed by atoms with Crippen LogP contribution >= 0.6 is 15.9 Å². The highest BCUT2D eigenvalue weighted by molar-refractivity contribution is 9.10. The zero-order valence-corrected chi connectivity index (χ0v) is 13.6. The van der Waals surface area contributed by atoms with Gasteiger partial charge in [-0.15, -0.1) is 0 Å². The summed E-state index contributed by atoms with van der Waals surface area (Å²) in [7, 11) is 0. The SMILES string of the molecule is Cc1cc(C)c(-c2nc(N)c(Br)c(C3CC3)n2)cc1C. The number of nitrogens with zero attached hydrogens (tertiary/aromatic N) is 2. The van der Waals surface area contributed by atoms with Gasteiger partial charge in [0.05, 0.1) is 10.2 Å². The van der Waals surface area contributed by atoms with Crippen LogP contribution in [0.5, 0.6) is 0 Å². The molecule has 1 heterocycles. The zero-order valence-electron chi connectivity index (χ0n) is 12.0. The fraction of sp³-hybridized carbons (Fsp3) is 0.375. The zero-order chi connectivity index (χ0) is 14.4. The molecule has 1 aromatic carbocycles. The number of hydrogen-bond donors (Lipinski definition) is 1. The third kappa shape index (κ3) is 2.33. The van der Waals surface area contributed by atoms with Crippen molar-refractivity contribution in [2.75, 3.05) is 5.73 Å². The van der Waals surface area contributed by atoms with E-state index in [1.165, 1.54) is 29.5 Å². The molecule has 0 amide bonds. The van der Waals surface area contributed by atoms with Gasteiger partial charge in [-0.3, -0.25) is 0 Å². The van der Waals surface area contributed by atoms with Gasteiger partial charge < -0.3 is 5.73 Å². The van der Waals surface area contributed by atoms with E-state index >= 15 is 0 Å². The number of nitrogens with two attached hydrogens (primary N) is 1. The largest absolute Gasteiger partial charge is 0.383 e. The number of nitrogen functional groups attached to an aromatic ring is 1. The molecule has 0 spiro atoms. The molecule has 1 aliphatic rings. The molecular weight excluding hydrogens is 314 g/mol. The van der Waals surface area contributed by atoms with E-state index in [4.69, 9.17) is 10.7 Å². The molecule has 0 unspecified atom stereocenters. The maximum atomic E-state index is 6.04. The summed E-state index contributed by atoms with van der Waals surface area (Å²) in [5.74, 6) is 1.82. The van der Waals surface area contributed by atoms with Gasteiger partial charge in [0.1, 0.15) is 5.82 Å². The second kappa shape index (κ2) is 4.85. The van der Waals surface area contributed by atoms with Crippen molar-refractivity contribution < 1.29 is 0 Å². The summed E-state index contributed by atoms with van der Waals surface area (Å²) in [6.45, 7) is 6.33. The molecule has 104 valence electrons. The van der Waals surface area contributed by atoms with Gasteiger partial charge in [0.25, 0.3) is 0 Å². The number of anilines is 1. The molecule has 3 nitrogen and oxygen atoms in total. The predicted molar refractivity (Wildman–Crippen MR) is 85.8 cm³/mol. The van der Waals surface area contributed by atoms with Gasteiger partial charge in [-0.05, 0) is 72.3 Å². The van der Waals surface area contributed by atoms with Crippen LogP contribution < -0.4 is 5.73 Å². The van der Waals surface area contributed by atoms with E-state index in [2.05, 4.69) is 53.8 Å². The van der Waals surface area contributed by atoms with Crippen molar-refractivity contribution in [3.05, 3.63) is 39.0 Å². The molecule has 0 radical (unpaired) electrons. The molecule has 1 aromatic heterocycles. The lowest BCUT2D eigenvalue weighted by molar-refractivity contribution is 0.982. The first-order valence-corrected chi connectivity index (χ1v) is 7.67. The second-order valence-electron chi connectivity index (χ2n) is 5.66. The Hall–Kier alpha value is -1.42. The maximum absolute atomic E-state index is 6.04. The highest BCUT2D eigenvalue weighted by Gasteiger charge is 2.29. The average molecular weight is 332 g/mol. The Balaban J connectivity index is 2.17. The molecule has 1 fully saturated rings. The Morgan fingerprint density at radius 2 is 1.70 bits per heavy atom. The van der Waals surface area contributed by atoms with Crippen molar-refractivity contribution >= 4 is 21.7 Å². The molecule has 3 rings (SSSR count). The third-order valence-electron chi connectivity index (χ3n) is 3.95. The van der Waals surface area contributed by atoms with Crippen molar-refractivity contribution in [2.24, 2.45) is 0 Å². The van der Waals surface area contributed by atoms with Crippen LogP contribution in [0.15, 0.2) is 16.6 Å². The lowest BCUT2D eigenvalue weighted by Gasteiger charge is -2.12. The first-order chi connectivity index (χ1) is 9.47. The summed E-state index contributed by atoms with van der Waals surface area (Å²) in [5.41, 5.74) is 11.9. The van der Waals surface area contributed by atoms with Crippen molar-refractivity contribution in [3.8, 4) is 11.4 Å². The van der Waals surface area contributed by atoms with Gasteiger partial charge in [0.15, 0.2) is 5.82 Å². The third-order valence-corrected chi connectivity index (χ3v) is 4.76. The molecular formula is C16H18BrN3. The van der Waals surface area contributed by atoms with Gasteiger partial charge in [-0.2, -0.15) is 0 Å². The van der Waals surface area contributed by atoms with Gasteiger partial charge in [0, 0.05) is 11.5 Å². The molecule has 4 heteroatoms.